The molecule has 1 aromatic carbocycles. The first-order valence-corrected chi connectivity index (χ1v) is 5.86. The van der Waals surface area contributed by atoms with E-state index >= 15 is 0 Å². The Labute approximate surface area is 92.5 Å². The van der Waals surface area contributed by atoms with Crippen LogP contribution >= 0.6 is 12.6 Å². The van der Waals surface area contributed by atoms with Crippen LogP contribution in [0.4, 0.5) is 0 Å². The average molecular weight is 206 g/mol. The number of benzene rings is 1. The molecule has 14 heavy (non-hydrogen) atoms. The van der Waals surface area contributed by atoms with Gasteiger partial charge in [-0.2, -0.15) is 12.6 Å². The SMILES string of the molecule is SCC/C=C/CCCc1ccccc1. The summed E-state index contributed by atoms with van der Waals surface area (Å²) in [5, 5.41) is 0. The number of hydrogen-bond acceptors (Lipinski definition) is 1. The van der Waals surface area contributed by atoms with Gasteiger partial charge < -0.3 is 0 Å². The Morgan fingerprint density at radius 3 is 2.43 bits per heavy atom. The van der Waals surface area contributed by atoms with Gasteiger partial charge in [0.25, 0.3) is 0 Å². The second kappa shape index (κ2) is 7.69. The highest BCUT2D eigenvalue weighted by Crippen LogP contribution is 2.04. The van der Waals surface area contributed by atoms with Crippen LogP contribution in [0.1, 0.15) is 24.8 Å². The van der Waals surface area contributed by atoms with Crippen LogP contribution in [0.5, 0.6) is 0 Å². The van der Waals surface area contributed by atoms with Crippen LogP contribution in [0.25, 0.3) is 0 Å². The molecule has 76 valence electrons. The monoisotopic (exact) mass is 206 g/mol. The van der Waals surface area contributed by atoms with Crippen LogP contribution in [-0.4, -0.2) is 5.75 Å². The summed E-state index contributed by atoms with van der Waals surface area (Å²) in [6, 6.07) is 10.7. The zero-order valence-electron chi connectivity index (χ0n) is 8.52. The molecule has 0 atom stereocenters. The van der Waals surface area contributed by atoms with E-state index in [1.807, 2.05) is 0 Å². The third-order valence-corrected chi connectivity index (χ3v) is 2.40. The van der Waals surface area contributed by atoms with Gasteiger partial charge in [-0.05, 0) is 37.0 Å². The molecule has 0 nitrogen and oxygen atoms in total. The quantitative estimate of drug-likeness (QED) is 0.407. The van der Waals surface area contributed by atoms with Gasteiger partial charge in [-0.25, -0.2) is 0 Å². The molecule has 0 saturated carbocycles. The molecule has 1 rings (SSSR count). The van der Waals surface area contributed by atoms with Crippen LogP contribution < -0.4 is 0 Å². The summed E-state index contributed by atoms with van der Waals surface area (Å²) < 4.78 is 0. The van der Waals surface area contributed by atoms with Gasteiger partial charge in [-0.15, -0.1) is 0 Å². The molecule has 0 spiro atoms. The Kier molecular flexibility index (Phi) is 6.25. The normalized spacial score (nSPS) is 10.9. The van der Waals surface area contributed by atoms with Crippen LogP contribution in [0, 0.1) is 0 Å². The molecule has 0 unspecified atom stereocenters. The van der Waals surface area contributed by atoms with Crippen molar-refractivity contribution in [3.8, 4) is 0 Å². The van der Waals surface area contributed by atoms with Crippen molar-refractivity contribution in [1.82, 2.24) is 0 Å². The minimum absolute atomic E-state index is 0.954. The predicted molar refractivity (Wildman–Crippen MR) is 67.0 cm³/mol. The molecule has 0 fully saturated rings. The zero-order chi connectivity index (χ0) is 10.1. The van der Waals surface area contributed by atoms with Gasteiger partial charge >= 0.3 is 0 Å². The fraction of sp³-hybridized carbons (Fsp3) is 0.385. The van der Waals surface area contributed by atoms with Crippen LogP contribution in [0.15, 0.2) is 42.5 Å². The smallest absolute Gasteiger partial charge is 0.00633 e. The van der Waals surface area contributed by atoms with Crippen LogP contribution in [0.2, 0.25) is 0 Å². The topological polar surface area (TPSA) is 0 Å². The second-order valence-corrected chi connectivity index (χ2v) is 3.81. The summed E-state index contributed by atoms with van der Waals surface area (Å²) in [5.41, 5.74) is 1.44. The molecule has 0 aliphatic carbocycles. The van der Waals surface area contributed by atoms with E-state index in [0.717, 1.165) is 12.2 Å². The lowest BCUT2D eigenvalue weighted by Crippen LogP contribution is -1.82. The standard InChI is InChI=1S/C13H18S/c14-12-8-3-1-2-5-9-13-10-6-4-7-11-13/h1,3-4,6-7,10-11,14H,2,5,8-9,12H2/b3-1+. The molecule has 0 aliphatic heterocycles. The van der Waals surface area contributed by atoms with E-state index in [2.05, 4.69) is 55.1 Å². The van der Waals surface area contributed by atoms with Crippen molar-refractivity contribution in [1.29, 1.82) is 0 Å². The highest BCUT2D eigenvalue weighted by Gasteiger charge is 1.89. The molecular weight excluding hydrogens is 188 g/mol. The highest BCUT2D eigenvalue weighted by atomic mass is 32.1. The third kappa shape index (κ3) is 5.13. The van der Waals surface area contributed by atoms with E-state index in [9.17, 15) is 0 Å². The number of thiol groups is 1. The van der Waals surface area contributed by atoms with E-state index in [1.165, 1.54) is 24.8 Å². The maximum absolute atomic E-state index is 4.15. The van der Waals surface area contributed by atoms with Crippen molar-refractivity contribution >= 4 is 12.6 Å². The highest BCUT2D eigenvalue weighted by molar-refractivity contribution is 7.80. The fourth-order valence-corrected chi connectivity index (χ4v) is 1.53. The fourth-order valence-electron chi connectivity index (χ4n) is 1.38. The summed E-state index contributed by atoms with van der Waals surface area (Å²) in [5.74, 6) is 0.954. The molecule has 0 radical (unpaired) electrons. The van der Waals surface area contributed by atoms with E-state index in [1.54, 1.807) is 0 Å². The van der Waals surface area contributed by atoms with Gasteiger partial charge in [0, 0.05) is 0 Å². The molecule has 1 heteroatoms. The summed E-state index contributed by atoms with van der Waals surface area (Å²) in [6.45, 7) is 0. The second-order valence-electron chi connectivity index (χ2n) is 3.36. The van der Waals surface area contributed by atoms with Crippen LogP contribution in [0.3, 0.4) is 0 Å². The van der Waals surface area contributed by atoms with E-state index < -0.39 is 0 Å². The summed E-state index contributed by atoms with van der Waals surface area (Å²) in [7, 11) is 0. The number of rotatable bonds is 6. The molecular formula is C13H18S. The van der Waals surface area contributed by atoms with Crippen molar-refractivity contribution in [2.75, 3.05) is 5.75 Å². The predicted octanol–water partition coefficient (Wildman–Crippen LogP) is 3.89. The lowest BCUT2D eigenvalue weighted by atomic mass is 10.1. The first kappa shape index (κ1) is 11.4. The van der Waals surface area contributed by atoms with Gasteiger partial charge in [-0.1, -0.05) is 42.5 Å². The summed E-state index contributed by atoms with van der Waals surface area (Å²) in [6.07, 6.45) is 9.19. The largest absolute Gasteiger partial charge is 0.179 e. The molecule has 1 aromatic rings. The number of aryl methyl sites for hydroxylation is 1. The van der Waals surface area contributed by atoms with Gasteiger partial charge in [0.1, 0.15) is 0 Å². The minimum Gasteiger partial charge on any atom is -0.179 e. The Morgan fingerprint density at radius 2 is 1.71 bits per heavy atom. The zero-order valence-corrected chi connectivity index (χ0v) is 9.42. The number of hydrogen-bond donors (Lipinski definition) is 1. The molecule has 0 N–H and O–H groups in total. The molecule has 0 amide bonds. The maximum atomic E-state index is 4.15. The van der Waals surface area contributed by atoms with E-state index in [4.69, 9.17) is 0 Å². The Balaban J connectivity index is 2.10. The van der Waals surface area contributed by atoms with Crippen molar-refractivity contribution in [2.24, 2.45) is 0 Å². The maximum Gasteiger partial charge on any atom is -0.00633 e. The molecule has 0 saturated heterocycles. The van der Waals surface area contributed by atoms with Crippen molar-refractivity contribution in [2.45, 2.75) is 25.7 Å². The Bertz CT molecular complexity index is 251. The molecule has 0 bridgehead atoms. The summed E-state index contributed by atoms with van der Waals surface area (Å²) >= 11 is 4.15. The van der Waals surface area contributed by atoms with Gasteiger partial charge in [0.05, 0.1) is 0 Å². The van der Waals surface area contributed by atoms with E-state index in [0.29, 0.717) is 0 Å². The van der Waals surface area contributed by atoms with Gasteiger partial charge in [0.15, 0.2) is 0 Å². The van der Waals surface area contributed by atoms with Gasteiger partial charge in [0.2, 0.25) is 0 Å². The lowest BCUT2D eigenvalue weighted by molar-refractivity contribution is 0.840. The number of unbranched alkanes of at least 4 members (excludes halogenated alkanes) is 1. The number of allylic oxidation sites excluding steroid dienone is 2. The van der Waals surface area contributed by atoms with E-state index in [-0.39, 0.29) is 0 Å². The Morgan fingerprint density at radius 1 is 1.00 bits per heavy atom. The van der Waals surface area contributed by atoms with Gasteiger partial charge in [-0.3, -0.25) is 0 Å². The molecule has 0 heterocycles. The third-order valence-electron chi connectivity index (χ3n) is 2.14. The average Bonchev–Trinajstić information content (AvgIpc) is 2.25. The molecule has 0 aliphatic rings. The Hall–Kier alpha value is -0.690. The lowest BCUT2D eigenvalue weighted by Gasteiger charge is -1.97. The van der Waals surface area contributed by atoms with Crippen molar-refractivity contribution in [3.63, 3.8) is 0 Å². The van der Waals surface area contributed by atoms with Crippen molar-refractivity contribution in [3.05, 3.63) is 48.0 Å². The summed E-state index contributed by atoms with van der Waals surface area (Å²) in [4.78, 5) is 0. The first-order chi connectivity index (χ1) is 6.93. The van der Waals surface area contributed by atoms with Crippen molar-refractivity contribution < 1.29 is 0 Å². The molecule has 0 aromatic heterocycles. The van der Waals surface area contributed by atoms with Crippen LogP contribution in [-0.2, 0) is 6.42 Å². The first-order valence-electron chi connectivity index (χ1n) is 5.23. The minimum atomic E-state index is 0.954.